The molecular weight excluding hydrogens is 152 g/mol. The molecule has 3 heteroatoms. The van der Waals surface area contributed by atoms with Crippen molar-refractivity contribution >= 4 is 5.91 Å². The monoisotopic (exact) mass is 168 g/mol. The lowest BCUT2D eigenvalue weighted by Crippen LogP contribution is -2.25. The summed E-state index contributed by atoms with van der Waals surface area (Å²) in [6.45, 7) is 2.63. The minimum atomic E-state index is 0.155. The maximum absolute atomic E-state index is 11.3. The molecule has 0 bridgehead atoms. The first-order valence-corrected chi connectivity index (χ1v) is 4.44. The zero-order valence-electron chi connectivity index (χ0n) is 7.55. The van der Waals surface area contributed by atoms with Gasteiger partial charge in [0.1, 0.15) is 0 Å². The minimum absolute atomic E-state index is 0.155. The summed E-state index contributed by atoms with van der Waals surface area (Å²) in [5.41, 5.74) is 0. The largest absolute Gasteiger partial charge is 0.339 e. The molecular formula is C9H16N2O. The molecule has 0 atom stereocenters. The number of nitrogens with one attached hydrogen (secondary N) is 1. The normalized spacial score (nSPS) is 17.6. The Morgan fingerprint density at radius 3 is 2.75 bits per heavy atom. The quantitative estimate of drug-likeness (QED) is 0.618. The third kappa shape index (κ3) is 2.66. The summed E-state index contributed by atoms with van der Waals surface area (Å²) in [6.07, 6.45) is 5.83. The molecule has 1 aliphatic rings. The second-order valence-electron chi connectivity index (χ2n) is 2.99. The van der Waals surface area contributed by atoms with Gasteiger partial charge in [-0.25, -0.2) is 0 Å². The number of nitrogens with zero attached hydrogens (tertiary/aromatic N) is 1. The molecule has 1 rings (SSSR count). The molecule has 0 saturated carbocycles. The number of hydrogen-bond donors (Lipinski definition) is 1. The summed E-state index contributed by atoms with van der Waals surface area (Å²) in [7, 11) is 1.87. The summed E-state index contributed by atoms with van der Waals surface area (Å²) in [6, 6.07) is 0. The van der Waals surface area contributed by atoms with Crippen LogP contribution in [0.1, 0.15) is 12.8 Å². The molecule has 1 heterocycles. The number of hydrogen-bond acceptors (Lipinski definition) is 2. The molecule has 0 spiro atoms. The van der Waals surface area contributed by atoms with Gasteiger partial charge < -0.3 is 10.2 Å². The second-order valence-corrected chi connectivity index (χ2v) is 2.99. The minimum Gasteiger partial charge on any atom is -0.339 e. The highest BCUT2D eigenvalue weighted by atomic mass is 16.2. The van der Waals surface area contributed by atoms with Crippen LogP contribution in [0.15, 0.2) is 12.2 Å². The molecule has 0 radical (unpaired) electrons. The van der Waals surface area contributed by atoms with Gasteiger partial charge in [-0.2, -0.15) is 0 Å². The van der Waals surface area contributed by atoms with Crippen molar-refractivity contribution in [3.05, 3.63) is 12.2 Å². The molecule has 0 aliphatic carbocycles. The maximum atomic E-state index is 11.3. The molecule has 1 amide bonds. The van der Waals surface area contributed by atoms with E-state index in [2.05, 4.69) is 5.32 Å². The Balaban J connectivity index is 2.26. The third-order valence-corrected chi connectivity index (χ3v) is 2.00. The molecule has 1 saturated heterocycles. The Morgan fingerprint density at radius 1 is 1.50 bits per heavy atom. The maximum Gasteiger partial charge on any atom is 0.246 e. The van der Waals surface area contributed by atoms with Crippen molar-refractivity contribution in [2.24, 2.45) is 0 Å². The van der Waals surface area contributed by atoms with Crippen molar-refractivity contribution in [2.45, 2.75) is 12.8 Å². The van der Waals surface area contributed by atoms with E-state index >= 15 is 0 Å². The van der Waals surface area contributed by atoms with E-state index in [1.807, 2.05) is 18.0 Å². The van der Waals surface area contributed by atoms with E-state index in [1.165, 1.54) is 0 Å². The highest BCUT2D eigenvalue weighted by molar-refractivity contribution is 5.87. The van der Waals surface area contributed by atoms with E-state index in [9.17, 15) is 4.79 Å². The van der Waals surface area contributed by atoms with Crippen LogP contribution in [0.25, 0.3) is 0 Å². The predicted molar refractivity (Wildman–Crippen MR) is 48.9 cm³/mol. The first-order chi connectivity index (χ1) is 5.84. The topological polar surface area (TPSA) is 32.3 Å². The molecule has 0 aromatic heterocycles. The van der Waals surface area contributed by atoms with Crippen molar-refractivity contribution in [2.75, 3.05) is 26.7 Å². The van der Waals surface area contributed by atoms with Gasteiger partial charge in [0.25, 0.3) is 0 Å². The summed E-state index contributed by atoms with van der Waals surface area (Å²) in [5, 5.41) is 2.96. The van der Waals surface area contributed by atoms with Gasteiger partial charge in [0.05, 0.1) is 0 Å². The molecule has 0 aromatic rings. The number of likely N-dealkylation sites (tertiary alicyclic amines) is 1. The van der Waals surface area contributed by atoms with E-state index in [4.69, 9.17) is 0 Å². The van der Waals surface area contributed by atoms with Crippen LogP contribution in [-0.2, 0) is 4.79 Å². The first-order valence-electron chi connectivity index (χ1n) is 4.44. The van der Waals surface area contributed by atoms with Crippen molar-refractivity contribution in [3.8, 4) is 0 Å². The SMILES string of the molecule is CNC/C=C/C(=O)N1CCCC1. The van der Waals surface area contributed by atoms with Crippen LogP contribution >= 0.6 is 0 Å². The fraction of sp³-hybridized carbons (Fsp3) is 0.667. The average molecular weight is 168 g/mol. The Morgan fingerprint density at radius 2 is 2.17 bits per heavy atom. The first kappa shape index (κ1) is 9.26. The predicted octanol–water partition coefficient (Wildman–Crippen LogP) is 0.384. The van der Waals surface area contributed by atoms with Crippen molar-refractivity contribution in [1.29, 1.82) is 0 Å². The smallest absolute Gasteiger partial charge is 0.246 e. The zero-order chi connectivity index (χ0) is 8.81. The summed E-state index contributed by atoms with van der Waals surface area (Å²) in [5.74, 6) is 0.155. The molecule has 12 heavy (non-hydrogen) atoms. The number of amides is 1. The fourth-order valence-electron chi connectivity index (χ4n) is 1.32. The van der Waals surface area contributed by atoms with E-state index in [-0.39, 0.29) is 5.91 Å². The van der Waals surface area contributed by atoms with E-state index < -0.39 is 0 Å². The molecule has 0 aromatic carbocycles. The van der Waals surface area contributed by atoms with Crippen LogP contribution in [0.4, 0.5) is 0 Å². The summed E-state index contributed by atoms with van der Waals surface area (Å²) in [4.78, 5) is 13.2. The second kappa shape index (κ2) is 4.93. The van der Waals surface area contributed by atoms with Gasteiger partial charge in [0.2, 0.25) is 5.91 Å². The van der Waals surface area contributed by atoms with Gasteiger partial charge in [-0.05, 0) is 19.9 Å². The Bertz CT molecular complexity index is 171. The third-order valence-electron chi connectivity index (χ3n) is 2.00. The lowest BCUT2D eigenvalue weighted by atomic mass is 10.4. The van der Waals surface area contributed by atoms with Gasteiger partial charge in [-0.15, -0.1) is 0 Å². The lowest BCUT2D eigenvalue weighted by molar-refractivity contribution is -0.125. The van der Waals surface area contributed by atoms with Crippen LogP contribution in [0.5, 0.6) is 0 Å². The number of rotatable bonds is 3. The summed E-state index contributed by atoms with van der Waals surface area (Å²) < 4.78 is 0. The number of carbonyl (C=O) groups excluding carboxylic acids is 1. The summed E-state index contributed by atoms with van der Waals surface area (Å²) >= 11 is 0. The van der Waals surface area contributed by atoms with Crippen LogP contribution in [-0.4, -0.2) is 37.5 Å². The van der Waals surface area contributed by atoms with E-state index in [0.717, 1.165) is 32.5 Å². The van der Waals surface area contributed by atoms with Gasteiger partial charge >= 0.3 is 0 Å². The van der Waals surface area contributed by atoms with Gasteiger partial charge in [-0.3, -0.25) is 4.79 Å². The van der Waals surface area contributed by atoms with Crippen molar-refractivity contribution < 1.29 is 4.79 Å². The molecule has 1 fully saturated rings. The van der Waals surface area contributed by atoms with Crippen LogP contribution < -0.4 is 5.32 Å². The zero-order valence-corrected chi connectivity index (χ0v) is 7.55. The molecule has 0 unspecified atom stereocenters. The van der Waals surface area contributed by atoms with Gasteiger partial charge in [-0.1, -0.05) is 6.08 Å². The number of carbonyl (C=O) groups is 1. The van der Waals surface area contributed by atoms with Crippen molar-refractivity contribution in [1.82, 2.24) is 10.2 Å². The highest BCUT2D eigenvalue weighted by Crippen LogP contribution is 2.07. The van der Waals surface area contributed by atoms with Crippen LogP contribution in [0.3, 0.4) is 0 Å². The van der Waals surface area contributed by atoms with Gasteiger partial charge in [0, 0.05) is 25.7 Å². The Hall–Kier alpha value is -0.830. The van der Waals surface area contributed by atoms with Crippen LogP contribution in [0, 0.1) is 0 Å². The van der Waals surface area contributed by atoms with Crippen LogP contribution in [0.2, 0.25) is 0 Å². The van der Waals surface area contributed by atoms with Gasteiger partial charge in [0.15, 0.2) is 0 Å². The molecule has 68 valence electrons. The Kier molecular flexibility index (Phi) is 3.80. The van der Waals surface area contributed by atoms with Crippen molar-refractivity contribution in [3.63, 3.8) is 0 Å². The fourth-order valence-corrected chi connectivity index (χ4v) is 1.32. The van der Waals surface area contributed by atoms with E-state index in [0.29, 0.717) is 0 Å². The number of likely N-dealkylation sites (N-methyl/N-ethyl adjacent to an activating group) is 1. The standard InChI is InChI=1S/C9H16N2O/c1-10-6-4-5-9(12)11-7-2-3-8-11/h4-5,10H,2-3,6-8H2,1H3/b5-4+. The Labute approximate surface area is 73.4 Å². The lowest BCUT2D eigenvalue weighted by Gasteiger charge is -2.11. The molecule has 1 aliphatic heterocycles. The molecule has 1 N–H and O–H groups in total. The average Bonchev–Trinajstić information content (AvgIpc) is 2.56. The molecule has 3 nitrogen and oxygen atoms in total. The highest BCUT2D eigenvalue weighted by Gasteiger charge is 2.14. The van der Waals surface area contributed by atoms with E-state index in [1.54, 1.807) is 6.08 Å².